The van der Waals surface area contributed by atoms with Crippen LogP contribution in [0.3, 0.4) is 0 Å². The first-order chi connectivity index (χ1) is 8.58. The zero-order chi connectivity index (χ0) is 13.5. The van der Waals surface area contributed by atoms with Crippen LogP contribution in [0.15, 0.2) is 24.3 Å². The second-order valence-corrected chi connectivity index (χ2v) is 3.99. The first-order valence-electron chi connectivity index (χ1n) is 6.09. The van der Waals surface area contributed by atoms with Crippen LogP contribution in [-0.2, 0) is 11.2 Å². The van der Waals surface area contributed by atoms with E-state index in [4.69, 9.17) is 0 Å². The van der Waals surface area contributed by atoms with Crippen LogP contribution in [-0.4, -0.2) is 28.8 Å². The van der Waals surface area contributed by atoms with Crippen molar-refractivity contribution in [3.05, 3.63) is 39.9 Å². The molecule has 1 aromatic rings. The number of carbonyl (C=O) groups is 1. The summed E-state index contributed by atoms with van der Waals surface area (Å²) in [5.41, 5.74) is 1.02. The van der Waals surface area contributed by atoms with Crippen LogP contribution in [0.2, 0.25) is 0 Å². The first kappa shape index (κ1) is 14.2. The Balaban J connectivity index is 2.53. The molecule has 5 nitrogen and oxygen atoms in total. The summed E-state index contributed by atoms with van der Waals surface area (Å²) >= 11 is 0. The van der Waals surface area contributed by atoms with E-state index in [9.17, 15) is 14.9 Å². The summed E-state index contributed by atoms with van der Waals surface area (Å²) in [6.07, 6.45) is 1.06. The number of benzene rings is 1. The fourth-order valence-electron chi connectivity index (χ4n) is 1.77. The standard InChI is InChI=1S/C13H18N2O3/c1-3-14(4-2)13(16)10-7-11-5-8-12(9-6-11)15(17)18/h5-6,8-9H,3-4,7,10H2,1-2H3. The quantitative estimate of drug-likeness (QED) is 0.575. The lowest BCUT2D eigenvalue weighted by atomic mass is 10.1. The molecule has 0 fully saturated rings. The van der Waals surface area contributed by atoms with Gasteiger partial charge in [-0.25, -0.2) is 0 Å². The van der Waals surface area contributed by atoms with E-state index in [2.05, 4.69) is 0 Å². The van der Waals surface area contributed by atoms with Crippen molar-refractivity contribution in [3.8, 4) is 0 Å². The molecule has 0 N–H and O–H groups in total. The molecule has 0 heterocycles. The maximum atomic E-state index is 11.8. The molecule has 0 aliphatic rings. The normalized spacial score (nSPS) is 10.1. The van der Waals surface area contributed by atoms with E-state index in [0.29, 0.717) is 12.8 Å². The Morgan fingerprint density at radius 2 is 1.78 bits per heavy atom. The lowest BCUT2D eigenvalue weighted by Gasteiger charge is -2.18. The molecule has 0 saturated heterocycles. The Kier molecular flexibility index (Phi) is 5.30. The Bertz CT molecular complexity index is 411. The number of nitro groups is 1. The van der Waals surface area contributed by atoms with Crippen LogP contribution >= 0.6 is 0 Å². The summed E-state index contributed by atoms with van der Waals surface area (Å²) in [5, 5.41) is 10.5. The summed E-state index contributed by atoms with van der Waals surface area (Å²) < 4.78 is 0. The van der Waals surface area contributed by atoms with E-state index in [-0.39, 0.29) is 11.6 Å². The number of nitro benzene ring substituents is 1. The minimum atomic E-state index is -0.426. The van der Waals surface area contributed by atoms with E-state index >= 15 is 0 Å². The van der Waals surface area contributed by atoms with Gasteiger partial charge in [0.2, 0.25) is 5.91 Å². The topological polar surface area (TPSA) is 63.5 Å². The van der Waals surface area contributed by atoms with E-state index in [1.54, 1.807) is 17.0 Å². The molecule has 1 amide bonds. The average molecular weight is 250 g/mol. The molecule has 0 atom stereocenters. The smallest absolute Gasteiger partial charge is 0.269 e. The zero-order valence-electron chi connectivity index (χ0n) is 10.8. The molecular weight excluding hydrogens is 232 g/mol. The first-order valence-corrected chi connectivity index (χ1v) is 6.09. The van der Waals surface area contributed by atoms with Gasteiger partial charge in [0, 0.05) is 31.6 Å². The van der Waals surface area contributed by atoms with Crippen molar-refractivity contribution >= 4 is 11.6 Å². The predicted molar refractivity (Wildman–Crippen MR) is 69.3 cm³/mol. The van der Waals surface area contributed by atoms with Crippen LogP contribution in [0.1, 0.15) is 25.8 Å². The largest absolute Gasteiger partial charge is 0.343 e. The Morgan fingerprint density at radius 1 is 1.22 bits per heavy atom. The van der Waals surface area contributed by atoms with Crippen molar-refractivity contribution in [2.75, 3.05) is 13.1 Å². The molecule has 0 saturated carbocycles. The molecule has 0 aliphatic carbocycles. The highest BCUT2D eigenvalue weighted by molar-refractivity contribution is 5.76. The second-order valence-electron chi connectivity index (χ2n) is 3.99. The highest BCUT2D eigenvalue weighted by Crippen LogP contribution is 2.13. The van der Waals surface area contributed by atoms with E-state index in [1.807, 2.05) is 13.8 Å². The van der Waals surface area contributed by atoms with Gasteiger partial charge in [0.15, 0.2) is 0 Å². The van der Waals surface area contributed by atoms with E-state index in [0.717, 1.165) is 18.7 Å². The number of carbonyl (C=O) groups excluding carboxylic acids is 1. The SMILES string of the molecule is CCN(CC)C(=O)CCc1ccc([N+](=O)[O-])cc1. The Hall–Kier alpha value is -1.91. The van der Waals surface area contributed by atoms with Gasteiger partial charge in [-0.05, 0) is 25.8 Å². The summed E-state index contributed by atoms with van der Waals surface area (Å²) in [4.78, 5) is 23.6. The highest BCUT2D eigenvalue weighted by atomic mass is 16.6. The van der Waals surface area contributed by atoms with Gasteiger partial charge < -0.3 is 4.90 Å². The summed E-state index contributed by atoms with van der Waals surface area (Å²) in [6, 6.07) is 6.34. The lowest BCUT2D eigenvalue weighted by Crippen LogP contribution is -2.30. The summed E-state index contributed by atoms with van der Waals surface area (Å²) in [5.74, 6) is 0.123. The van der Waals surface area contributed by atoms with Gasteiger partial charge in [-0.15, -0.1) is 0 Å². The third-order valence-corrected chi connectivity index (χ3v) is 2.89. The molecule has 0 unspecified atom stereocenters. The van der Waals surface area contributed by atoms with Crippen LogP contribution in [0.25, 0.3) is 0 Å². The summed E-state index contributed by atoms with van der Waals surface area (Å²) in [6.45, 7) is 5.34. The number of nitrogens with zero attached hydrogens (tertiary/aromatic N) is 2. The third-order valence-electron chi connectivity index (χ3n) is 2.89. The minimum Gasteiger partial charge on any atom is -0.343 e. The molecule has 0 radical (unpaired) electrons. The molecular formula is C13H18N2O3. The number of amides is 1. The maximum Gasteiger partial charge on any atom is 0.269 e. The number of non-ortho nitro benzene ring substituents is 1. The van der Waals surface area contributed by atoms with Crippen LogP contribution in [0, 0.1) is 10.1 Å². The van der Waals surface area contributed by atoms with Crippen molar-refractivity contribution in [3.63, 3.8) is 0 Å². The van der Waals surface area contributed by atoms with Gasteiger partial charge in [-0.1, -0.05) is 12.1 Å². The number of hydrogen-bond acceptors (Lipinski definition) is 3. The average Bonchev–Trinajstić information content (AvgIpc) is 2.38. The van der Waals surface area contributed by atoms with Crippen molar-refractivity contribution in [2.45, 2.75) is 26.7 Å². The van der Waals surface area contributed by atoms with Crippen LogP contribution in [0.5, 0.6) is 0 Å². The van der Waals surface area contributed by atoms with Gasteiger partial charge in [0.1, 0.15) is 0 Å². The minimum absolute atomic E-state index is 0.0776. The maximum absolute atomic E-state index is 11.8. The fraction of sp³-hybridized carbons (Fsp3) is 0.462. The predicted octanol–water partition coefficient (Wildman–Crippen LogP) is 2.40. The molecule has 1 aromatic carbocycles. The number of hydrogen-bond donors (Lipinski definition) is 0. The molecule has 18 heavy (non-hydrogen) atoms. The van der Waals surface area contributed by atoms with Crippen molar-refractivity contribution < 1.29 is 9.72 Å². The van der Waals surface area contributed by atoms with E-state index in [1.165, 1.54) is 12.1 Å². The van der Waals surface area contributed by atoms with Gasteiger partial charge in [0.25, 0.3) is 5.69 Å². The fourth-order valence-corrected chi connectivity index (χ4v) is 1.77. The highest BCUT2D eigenvalue weighted by Gasteiger charge is 2.10. The molecule has 0 bridgehead atoms. The monoisotopic (exact) mass is 250 g/mol. The molecule has 1 rings (SSSR count). The van der Waals surface area contributed by atoms with Gasteiger partial charge in [-0.3, -0.25) is 14.9 Å². The zero-order valence-corrected chi connectivity index (χ0v) is 10.8. The molecule has 98 valence electrons. The lowest BCUT2D eigenvalue weighted by molar-refractivity contribution is -0.384. The Morgan fingerprint density at radius 3 is 2.22 bits per heavy atom. The Labute approximate surface area is 107 Å². The number of aryl methyl sites for hydroxylation is 1. The van der Waals surface area contributed by atoms with Crippen molar-refractivity contribution in [1.29, 1.82) is 0 Å². The summed E-state index contributed by atoms with van der Waals surface area (Å²) in [7, 11) is 0. The van der Waals surface area contributed by atoms with E-state index < -0.39 is 4.92 Å². The van der Waals surface area contributed by atoms with Gasteiger partial charge in [-0.2, -0.15) is 0 Å². The third kappa shape index (κ3) is 3.84. The molecule has 5 heteroatoms. The van der Waals surface area contributed by atoms with Crippen molar-refractivity contribution in [2.24, 2.45) is 0 Å². The van der Waals surface area contributed by atoms with Crippen LogP contribution in [0.4, 0.5) is 5.69 Å². The molecule has 0 aromatic heterocycles. The molecule has 0 spiro atoms. The molecule has 0 aliphatic heterocycles. The second kappa shape index (κ2) is 6.74. The van der Waals surface area contributed by atoms with Crippen LogP contribution < -0.4 is 0 Å². The van der Waals surface area contributed by atoms with Crippen molar-refractivity contribution in [1.82, 2.24) is 4.90 Å². The number of rotatable bonds is 6. The van der Waals surface area contributed by atoms with Gasteiger partial charge in [0.05, 0.1) is 4.92 Å². The van der Waals surface area contributed by atoms with Gasteiger partial charge >= 0.3 is 0 Å².